The highest BCUT2D eigenvalue weighted by Crippen LogP contribution is 2.33. The second-order valence-corrected chi connectivity index (χ2v) is 9.04. The van der Waals surface area contributed by atoms with Gasteiger partial charge in [-0.3, -0.25) is 14.4 Å². The van der Waals surface area contributed by atoms with Crippen molar-refractivity contribution in [1.82, 2.24) is 5.32 Å². The van der Waals surface area contributed by atoms with Crippen LogP contribution in [0, 0.1) is 13.8 Å². The van der Waals surface area contributed by atoms with Crippen LogP contribution < -0.4 is 19.7 Å². The Bertz CT molecular complexity index is 1090. The van der Waals surface area contributed by atoms with Gasteiger partial charge in [-0.25, -0.2) is 0 Å². The lowest BCUT2D eigenvalue weighted by Crippen LogP contribution is -2.40. The summed E-state index contributed by atoms with van der Waals surface area (Å²) >= 11 is 0. The fourth-order valence-electron chi connectivity index (χ4n) is 4.23. The third-order valence-electron chi connectivity index (χ3n) is 6.26. The van der Waals surface area contributed by atoms with Gasteiger partial charge in [0.25, 0.3) is 5.91 Å². The second kappa shape index (κ2) is 11.4. The van der Waals surface area contributed by atoms with E-state index in [1.807, 2.05) is 32.0 Å². The van der Waals surface area contributed by atoms with Crippen molar-refractivity contribution >= 4 is 23.3 Å². The van der Waals surface area contributed by atoms with Crippen molar-refractivity contribution in [2.45, 2.75) is 45.6 Å². The van der Waals surface area contributed by atoms with E-state index in [0.717, 1.165) is 30.6 Å². The molecule has 1 saturated heterocycles. The molecule has 2 aromatic rings. The molecule has 0 bridgehead atoms. The first-order chi connectivity index (χ1) is 16.9. The molecule has 35 heavy (non-hydrogen) atoms. The predicted octanol–water partition coefficient (Wildman–Crippen LogP) is 3.37. The van der Waals surface area contributed by atoms with Crippen LogP contribution in [0.3, 0.4) is 0 Å². The molecule has 8 heteroatoms. The minimum Gasteiger partial charge on any atom is -0.485 e. The van der Waals surface area contributed by atoms with E-state index in [4.69, 9.17) is 14.2 Å². The van der Waals surface area contributed by atoms with Crippen molar-refractivity contribution in [3.05, 3.63) is 53.1 Å². The number of hydrogen-bond acceptors (Lipinski definition) is 6. The minimum atomic E-state index is -0.200. The van der Waals surface area contributed by atoms with Crippen molar-refractivity contribution < 1.29 is 28.6 Å². The van der Waals surface area contributed by atoms with Gasteiger partial charge in [0.05, 0.1) is 11.8 Å². The molecule has 0 saturated carbocycles. The van der Waals surface area contributed by atoms with Crippen LogP contribution in [0.25, 0.3) is 0 Å². The van der Waals surface area contributed by atoms with Crippen molar-refractivity contribution in [3.63, 3.8) is 0 Å². The normalized spacial score (nSPS) is 17.0. The average molecular weight is 481 g/mol. The summed E-state index contributed by atoms with van der Waals surface area (Å²) in [5.41, 5.74) is 2.99. The fourth-order valence-corrected chi connectivity index (χ4v) is 4.23. The van der Waals surface area contributed by atoms with E-state index in [1.54, 1.807) is 23.1 Å². The number of rotatable bonds is 10. The first kappa shape index (κ1) is 24.7. The van der Waals surface area contributed by atoms with Crippen molar-refractivity contribution in [2.75, 3.05) is 37.8 Å². The quantitative estimate of drug-likeness (QED) is 0.524. The number of amides is 2. The Morgan fingerprint density at radius 1 is 1.17 bits per heavy atom. The molecule has 4 rings (SSSR count). The molecule has 2 heterocycles. The summed E-state index contributed by atoms with van der Waals surface area (Å²) in [6.45, 7) is 5.36. The molecule has 186 valence electrons. The van der Waals surface area contributed by atoms with Crippen molar-refractivity contribution in [3.8, 4) is 11.5 Å². The number of ether oxygens (including phenoxy) is 3. The third kappa shape index (κ3) is 6.39. The van der Waals surface area contributed by atoms with Crippen LogP contribution in [0.1, 0.15) is 47.2 Å². The number of ketones is 1. The topological polar surface area (TPSA) is 94.2 Å². The Hall–Kier alpha value is -3.39. The second-order valence-electron chi connectivity index (χ2n) is 9.04. The van der Waals surface area contributed by atoms with Crippen LogP contribution in [0.5, 0.6) is 11.5 Å². The maximum atomic E-state index is 12.8. The summed E-state index contributed by atoms with van der Waals surface area (Å²) in [5, 5.41) is 2.90. The maximum Gasteiger partial charge on any atom is 0.265 e. The lowest BCUT2D eigenvalue weighted by molar-refractivity contribution is -0.123. The first-order valence-corrected chi connectivity index (χ1v) is 12.1. The Balaban J connectivity index is 1.35. The predicted molar refractivity (Wildman–Crippen MR) is 131 cm³/mol. The lowest BCUT2D eigenvalue weighted by atomic mass is 10.1. The number of carbonyl (C=O) groups is 3. The highest BCUT2D eigenvalue weighted by Gasteiger charge is 2.26. The Kier molecular flexibility index (Phi) is 8.02. The van der Waals surface area contributed by atoms with Gasteiger partial charge in [-0.2, -0.15) is 0 Å². The van der Waals surface area contributed by atoms with E-state index in [1.165, 1.54) is 0 Å². The summed E-state index contributed by atoms with van der Waals surface area (Å²) in [5.74, 6) is 0.760. The van der Waals surface area contributed by atoms with Gasteiger partial charge in [-0.05, 0) is 68.5 Å². The van der Waals surface area contributed by atoms with Gasteiger partial charge in [0.1, 0.15) is 11.5 Å². The maximum absolute atomic E-state index is 12.8. The van der Waals surface area contributed by atoms with Gasteiger partial charge in [0.15, 0.2) is 19.0 Å². The number of hydrogen-bond donors (Lipinski definition) is 1. The van der Waals surface area contributed by atoms with Crippen LogP contribution in [-0.2, 0) is 14.3 Å². The number of benzene rings is 2. The molecule has 0 radical (unpaired) electrons. The molecular formula is C27H32N2O6. The van der Waals surface area contributed by atoms with Crippen LogP contribution >= 0.6 is 0 Å². The number of anilines is 1. The van der Waals surface area contributed by atoms with E-state index in [2.05, 4.69) is 5.32 Å². The number of aryl methyl sites for hydroxylation is 2. The number of fused-ring (bicyclic) bond motifs is 1. The highest BCUT2D eigenvalue weighted by molar-refractivity contribution is 6.02. The van der Waals surface area contributed by atoms with E-state index in [-0.39, 0.29) is 36.9 Å². The summed E-state index contributed by atoms with van der Waals surface area (Å²) in [4.78, 5) is 39.2. The Morgan fingerprint density at radius 2 is 2.03 bits per heavy atom. The number of nitrogens with one attached hydrogen (secondary N) is 1. The molecule has 1 atom stereocenters. The SMILES string of the molecule is Cc1ccc(C)c(OCC(=O)c2ccc3c(c2)N(CCCC(=O)NC[C@H]2CCCO2)C(=O)CO3)c1. The largest absolute Gasteiger partial charge is 0.485 e. The highest BCUT2D eigenvalue weighted by atomic mass is 16.5. The van der Waals surface area contributed by atoms with Gasteiger partial charge in [-0.1, -0.05) is 12.1 Å². The number of nitrogens with zero attached hydrogens (tertiary/aromatic N) is 1. The molecule has 0 spiro atoms. The van der Waals surface area contributed by atoms with Crippen molar-refractivity contribution in [2.24, 2.45) is 0 Å². The molecule has 0 unspecified atom stereocenters. The van der Waals surface area contributed by atoms with E-state index in [9.17, 15) is 14.4 Å². The van der Waals surface area contributed by atoms with Crippen LogP contribution in [0.2, 0.25) is 0 Å². The third-order valence-corrected chi connectivity index (χ3v) is 6.26. The van der Waals surface area contributed by atoms with Gasteiger partial charge >= 0.3 is 0 Å². The smallest absolute Gasteiger partial charge is 0.265 e. The zero-order chi connectivity index (χ0) is 24.8. The summed E-state index contributed by atoms with van der Waals surface area (Å²) in [7, 11) is 0. The number of carbonyl (C=O) groups excluding carboxylic acids is 3. The molecule has 1 fully saturated rings. The molecule has 0 aromatic heterocycles. The van der Waals surface area contributed by atoms with E-state index >= 15 is 0 Å². The van der Waals surface area contributed by atoms with E-state index < -0.39 is 0 Å². The zero-order valence-electron chi connectivity index (χ0n) is 20.3. The Morgan fingerprint density at radius 3 is 2.83 bits per heavy atom. The van der Waals surface area contributed by atoms with E-state index in [0.29, 0.717) is 48.7 Å². The first-order valence-electron chi connectivity index (χ1n) is 12.1. The van der Waals surface area contributed by atoms with Crippen molar-refractivity contribution in [1.29, 1.82) is 0 Å². The summed E-state index contributed by atoms with van der Waals surface area (Å²) in [6, 6.07) is 10.9. The standard InChI is InChI=1S/C27H32N2O6/c1-18-7-8-19(2)25(13-18)34-16-23(30)20-9-10-24-22(14-20)29(27(32)17-35-24)11-3-6-26(31)28-15-21-5-4-12-33-21/h7-10,13-14,21H,3-6,11-12,15-17H2,1-2H3,(H,28,31)/t21-/m1/s1. The van der Waals surface area contributed by atoms with Gasteiger partial charge < -0.3 is 24.4 Å². The molecule has 2 amide bonds. The zero-order valence-corrected chi connectivity index (χ0v) is 20.3. The average Bonchev–Trinajstić information content (AvgIpc) is 3.38. The number of Topliss-reactive ketones (excluding diaryl/α,β-unsaturated/α-hetero) is 1. The van der Waals surface area contributed by atoms with Crippen LogP contribution in [0.15, 0.2) is 36.4 Å². The molecule has 2 aliphatic heterocycles. The summed E-state index contributed by atoms with van der Waals surface area (Å²) in [6.07, 6.45) is 2.89. The minimum absolute atomic E-state index is 0.0612. The Labute approximate surface area is 205 Å². The summed E-state index contributed by atoms with van der Waals surface area (Å²) < 4.78 is 16.8. The van der Waals surface area contributed by atoms with Gasteiger partial charge in [0, 0.05) is 31.7 Å². The van der Waals surface area contributed by atoms with Crippen LogP contribution in [-0.4, -0.2) is 56.6 Å². The molecular weight excluding hydrogens is 448 g/mol. The van der Waals surface area contributed by atoms with Gasteiger partial charge in [0.2, 0.25) is 5.91 Å². The molecule has 2 aromatic carbocycles. The fraction of sp³-hybridized carbons (Fsp3) is 0.444. The molecule has 1 N–H and O–H groups in total. The molecule has 2 aliphatic rings. The monoisotopic (exact) mass is 480 g/mol. The van der Waals surface area contributed by atoms with Crippen LogP contribution in [0.4, 0.5) is 5.69 Å². The molecule has 8 nitrogen and oxygen atoms in total. The molecule has 0 aliphatic carbocycles. The van der Waals surface area contributed by atoms with Gasteiger partial charge in [-0.15, -0.1) is 0 Å². The lowest BCUT2D eigenvalue weighted by Gasteiger charge is -2.29.